The van der Waals surface area contributed by atoms with E-state index in [2.05, 4.69) is 12.1 Å². The molecule has 0 unspecified atom stereocenters. The van der Waals surface area contributed by atoms with Crippen LogP contribution in [0.1, 0.15) is 27.0 Å². The molecule has 0 atom stereocenters. The zero-order valence-corrected chi connectivity index (χ0v) is 19.3. The Hall–Kier alpha value is -3.64. The molecule has 1 saturated heterocycles. The molecule has 3 aromatic rings. The van der Waals surface area contributed by atoms with Gasteiger partial charge in [-0.1, -0.05) is 60.2 Å². The number of nitrogens with zero attached hydrogens (tertiary/aromatic N) is 2. The third-order valence-corrected chi connectivity index (χ3v) is 6.25. The van der Waals surface area contributed by atoms with Crippen LogP contribution in [-0.2, 0) is 16.0 Å². The van der Waals surface area contributed by atoms with E-state index >= 15 is 0 Å². The van der Waals surface area contributed by atoms with Crippen molar-refractivity contribution in [1.82, 2.24) is 4.90 Å². The lowest BCUT2D eigenvalue weighted by molar-refractivity contribution is -0.122. The van der Waals surface area contributed by atoms with Gasteiger partial charge in [0.2, 0.25) is 0 Å². The summed E-state index contributed by atoms with van der Waals surface area (Å²) in [5, 5.41) is 0.664. The molecule has 3 aromatic carbocycles. The number of ether oxygens (including phenoxy) is 1. The van der Waals surface area contributed by atoms with Crippen molar-refractivity contribution in [3.05, 3.63) is 106 Å². The number of rotatable bonds is 6. The number of hydrogen-bond donors (Lipinski definition) is 0. The summed E-state index contributed by atoms with van der Waals surface area (Å²) in [4.78, 5) is 32.1. The van der Waals surface area contributed by atoms with Crippen LogP contribution in [0.2, 0.25) is 0 Å². The largest absolute Gasteiger partial charge is 0.465 e. The molecule has 0 spiro atoms. The number of carbonyl (C=O) groups excluding carboxylic acids is 2. The minimum Gasteiger partial charge on any atom is -0.465 e. The molecular formula is C27H24N2O3S. The number of hydrogen-bond acceptors (Lipinski definition) is 5. The molecule has 0 N–H and O–H groups in total. The lowest BCUT2D eigenvalue weighted by Crippen LogP contribution is -2.31. The van der Waals surface area contributed by atoms with E-state index in [-0.39, 0.29) is 11.9 Å². The Bertz CT molecular complexity index is 1200. The molecule has 0 bridgehead atoms. The molecule has 5 nitrogen and oxygen atoms in total. The number of carbonyl (C=O) groups is 2. The standard InChI is InChI=1S/C27H24N2O3S/c1-19-8-14-23(15-9-19)28-27-29(17-16-20-6-4-3-5-7-20)25(30)24(33-27)18-21-10-12-22(13-11-21)26(31)32-2/h3-15,18H,16-17H2,1-2H3/b24-18+,28-27?. The summed E-state index contributed by atoms with van der Waals surface area (Å²) in [6.45, 7) is 2.57. The number of thioether (sulfide) groups is 1. The van der Waals surface area contributed by atoms with Crippen LogP contribution in [0.15, 0.2) is 88.8 Å². The molecule has 1 aliphatic heterocycles. The van der Waals surface area contributed by atoms with Crippen LogP contribution in [0, 0.1) is 6.92 Å². The van der Waals surface area contributed by atoms with Crippen LogP contribution in [0.25, 0.3) is 6.08 Å². The number of amides is 1. The van der Waals surface area contributed by atoms with E-state index in [1.807, 2.05) is 55.5 Å². The number of aryl methyl sites for hydroxylation is 1. The number of amidine groups is 1. The first-order valence-electron chi connectivity index (χ1n) is 10.6. The summed E-state index contributed by atoms with van der Waals surface area (Å²) in [5.74, 6) is -0.459. The SMILES string of the molecule is COC(=O)c1ccc(/C=C2/SC(=Nc3ccc(C)cc3)N(CCc3ccccc3)C2=O)cc1. The van der Waals surface area contributed by atoms with Crippen LogP contribution in [0.4, 0.5) is 5.69 Å². The fraction of sp³-hybridized carbons (Fsp3) is 0.148. The van der Waals surface area contributed by atoms with Crippen LogP contribution >= 0.6 is 11.8 Å². The molecule has 0 saturated carbocycles. The lowest BCUT2D eigenvalue weighted by atomic mass is 10.1. The maximum Gasteiger partial charge on any atom is 0.337 e. The van der Waals surface area contributed by atoms with Gasteiger partial charge in [-0.3, -0.25) is 9.69 Å². The monoisotopic (exact) mass is 456 g/mol. The smallest absolute Gasteiger partial charge is 0.337 e. The molecule has 0 radical (unpaired) electrons. The summed E-state index contributed by atoms with van der Waals surface area (Å²) in [5.41, 5.74) is 4.44. The van der Waals surface area contributed by atoms with Gasteiger partial charge in [0.05, 0.1) is 23.3 Å². The average Bonchev–Trinajstić information content (AvgIpc) is 3.13. The second-order valence-corrected chi connectivity index (χ2v) is 8.66. The highest BCUT2D eigenvalue weighted by atomic mass is 32.2. The lowest BCUT2D eigenvalue weighted by Gasteiger charge is -2.15. The van der Waals surface area contributed by atoms with Gasteiger partial charge >= 0.3 is 5.97 Å². The molecule has 166 valence electrons. The maximum atomic E-state index is 13.3. The van der Waals surface area contributed by atoms with Crippen LogP contribution < -0.4 is 0 Å². The highest BCUT2D eigenvalue weighted by Crippen LogP contribution is 2.34. The van der Waals surface area contributed by atoms with Gasteiger partial charge in [0.1, 0.15) is 0 Å². The van der Waals surface area contributed by atoms with E-state index < -0.39 is 0 Å². The zero-order chi connectivity index (χ0) is 23.2. The van der Waals surface area contributed by atoms with Gasteiger partial charge in [-0.25, -0.2) is 9.79 Å². The van der Waals surface area contributed by atoms with E-state index in [1.54, 1.807) is 29.2 Å². The van der Waals surface area contributed by atoms with Crippen LogP contribution in [0.3, 0.4) is 0 Å². The quantitative estimate of drug-likeness (QED) is 0.356. The van der Waals surface area contributed by atoms with Gasteiger partial charge < -0.3 is 4.74 Å². The van der Waals surface area contributed by atoms with Gasteiger partial charge in [0.15, 0.2) is 5.17 Å². The van der Waals surface area contributed by atoms with Crippen molar-refractivity contribution in [2.75, 3.05) is 13.7 Å². The highest BCUT2D eigenvalue weighted by molar-refractivity contribution is 8.18. The molecule has 1 aliphatic rings. The van der Waals surface area contributed by atoms with Crippen LogP contribution in [0.5, 0.6) is 0 Å². The van der Waals surface area contributed by atoms with Crippen molar-refractivity contribution in [2.45, 2.75) is 13.3 Å². The van der Waals surface area contributed by atoms with Gasteiger partial charge in [0, 0.05) is 6.54 Å². The molecule has 33 heavy (non-hydrogen) atoms. The van der Waals surface area contributed by atoms with Crippen molar-refractivity contribution in [3.8, 4) is 0 Å². The second kappa shape index (κ2) is 10.3. The Morgan fingerprint density at radius 3 is 2.36 bits per heavy atom. The Morgan fingerprint density at radius 1 is 1.00 bits per heavy atom. The summed E-state index contributed by atoms with van der Waals surface area (Å²) in [6, 6.07) is 25.0. The van der Waals surface area contributed by atoms with E-state index in [1.165, 1.54) is 24.4 Å². The normalized spacial score (nSPS) is 15.9. The molecule has 4 rings (SSSR count). The Morgan fingerprint density at radius 2 is 1.70 bits per heavy atom. The number of aliphatic imine (C=N–C) groups is 1. The third kappa shape index (κ3) is 5.59. The predicted molar refractivity (Wildman–Crippen MR) is 133 cm³/mol. The van der Waals surface area contributed by atoms with Gasteiger partial charge in [-0.05, 0) is 66.6 Å². The minimum atomic E-state index is -0.389. The summed E-state index contributed by atoms with van der Waals surface area (Å²) in [6.07, 6.45) is 2.57. The predicted octanol–water partition coefficient (Wildman–Crippen LogP) is 5.63. The highest BCUT2D eigenvalue weighted by Gasteiger charge is 2.33. The summed E-state index contributed by atoms with van der Waals surface area (Å²) < 4.78 is 4.75. The first kappa shape index (κ1) is 22.6. The average molecular weight is 457 g/mol. The Balaban J connectivity index is 1.61. The number of benzene rings is 3. The molecule has 0 aliphatic carbocycles. The summed E-state index contributed by atoms with van der Waals surface area (Å²) >= 11 is 1.37. The van der Waals surface area contributed by atoms with E-state index in [0.717, 1.165) is 23.2 Å². The second-order valence-electron chi connectivity index (χ2n) is 7.65. The topological polar surface area (TPSA) is 59.0 Å². The minimum absolute atomic E-state index is 0.0705. The van der Waals surface area contributed by atoms with E-state index in [4.69, 9.17) is 9.73 Å². The fourth-order valence-electron chi connectivity index (χ4n) is 3.39. The maximum absolute atomic E-state index is 13.3. The molecule has 1 amide bonds. The number of methoxy groups -OCH3 is 1. The fourth-order valence-corrected chi connectivity index (χ4v) is 4.41. The Labute approximate surface area is 197 Å². The van der Waals surface area contributed by atoms with Gasteiger partial charge in [-0.2, -0.15) is 0 Å². The van der Waals surface area contributed by atoms with Crippen molar-refractivity contribution in [3.63, 3.8) is 0 Å². The van der Waals surface area contributed by atoms with E-state index in [0.29, 0.717) is 22.2 Å². The van der Waals surface area contributed by atoms with Crippen molar-refractivity contribution < 1.29 is 14.3 Å². The zero-order valence-electron chi connectivity index (χ0n) is 18.5. The first-order chi connectivity index (χ1) is 16.0. The molecular weight excluding hydrogens is 432 g/mol. The van der Waals surface area contributed by atoms with Crippen molar-refractivity contribution in [2.24, 2.45) is 4.99 Å². The van der Waals surface area contributed by atoms with Gasteiger partial charge in [-0.15, -0.1) is 0 Å². The van der Waals surface area contributed by atoms with E-state index in [9.17, 15) is 9.59 Å². The molecule has 1 heterocycles. The van der Waals surface area contributed by atoms with Crippen molar-refractivity contribution in [1.29, 1.82) is 0 Å². The molecule has 0 aromatic heterocycles. The van der Waals surface area contributed by atoms with Gasteiger partial charge in [0.25, 0.3) is 5.91 Å². The number of esters is 1. The molecule has 1 fully saturated rings. The first-order valence-corrected chi connectivity index (χ1v) is 11.4. The molecule has 6 heteroatoms. The van der Waals surface area contributed by atoms with Crippen LogP contribution in [-0.4, -0.2) is 35.6 Å². The summed E-state index contributed by atoms with van der Waals surface area (Å²) in [7, 11) is 1.35. The van der Waals surface area contributed by atoms with Crippen molar-refractivity contribution >= 4 is 40.6 Å². The third-order valence-electron chi connectivity index (χ3n) is 5.24. The Kier molecular flexibility index (Phi) is 7.05.